The maximum Gasteiger partial charge on any atom is 0.347 e. The van der Waals surface area contributed by atoms with Crippen LogP contribution in [-0.2, 0) is 39.8 Å². The summed E-state index contributed by atoms with van der Waals surface area (Å²) >= 11 is 0. The van der Waals surface area contributed by atoms with E-state index < -0.39 is 42.0 Å². The third-order valence-corrected chi connectivity index (χ3v) is 7.75. The molecule has 10 heteroatoms. The van der Waals surface area contributed by atoms with Crippen LogP contribution >= 0.6 is 0 Å². The zero-order chi connectivity index (χ0) is 31.6. The van der Waals surface area contributed by atoms with E-state index in [0.29, 0.717) is 5.75 Å². The first-order valence-electron chi connectivity index (χ1n) is 15.1. The Morgan fingerprint density at radius 2 is 1.68 bits per heavy atom. The van der Waals surface area contributed by atoms with Crippen molar-refractivity contribution in [3.63, 3.8) is 0 Å². The number of benzene rings is 2. The number of esters is 2. The van der Waals surface area contributed by atoms with Crippen molar-refractivity contribution in [3.8, 4) is 5.75 Å². The lowest BCUT2D eigenvalue weighted by molar-refractivity contribution is -0.174. The number of hydrogen-bond acceptors (Lipinski definition) is 8. The molecule has 2 aromatic carbocycles. The first-order chi connectivity index (χ1) is 21.1. The molecule has 236 valence electrons. The second-order valence-corrected chi connectivity index (χ2v) is 11.7. The highest BCUT2D eigenvalue weighted by atomic mass is 16.6. The lowest BCUT2D eigenvalue weighted by atomic mass is 9.93. The Morgan fingerprint density at radius 1 is 0.955 bits per heavy atom. The van der Waals surface area contributed by atoms with Crippen molar-refractivity contribution in [2.24, 2.45) is 11.8 Å². The number of carbonyl (C=O) groups is 4. The van der Waals surface area contributed by atoms with Crippen LogP contribution < -0.4 is 15.4 Å². The van der Waals surface area contributed by atoms with Crippen LogP contribution in [0.2, 0.25) is 0 Å². The zero-order valence-electron chi connectivity index (χ0n) is 25.7. The van der Waals surface area contributed by atoms with Crippen molar-refractivity contribution in [1.82, 2.24) is 10.6 Å². The molecule has 2 amide bonds. The first-order valence-corrected chi connectivity index (χ1v) is 15.1. The Balaban J connectivity index is 1.54. The van der Waals surface area contributed by atoms with Gasteiger partial charge in [-0.1, -0.05) is 69.3 Å². The van der Waals surface area contributed by atoms with E-state index in [1.807, 2.05) is 63.2 Å². The van der Waals surface area contributed by atoms with Gasteiger partial charge in [-0.2, -0.15) is 0 Å². The fraction of sp³-hybridized carbons (Fsp3) is 0.471. The molecule has 0 spiro atoms. The monoisotopic (exact) mass is 606 g/mol. The van der Waals surface area contributed by atoms with Crippen molar-refractivity contribution in [2.45, 2.75) is 76.9 Å². The van der Waals surface area contributed by atoms with Crippen LogP contribution in [0, 0.1) is 11.8 Å². The number of methoxy groups -OCH3 is 1. The van der Waals surface area contributed by atoms with Gasteiger partial charge in [0.15, 0.2) is 6.10 Å². The smallest absolute Gasteiger partial charge is 0.347 e. The Kier molecular flexibility index (Phi) is 11.5. The average Bonchev–Trinajstić information content (AvgIpc) is 3.81. The molecule has 0 saturated carbocycles. The van der Waals surface area contributed by atoms with E-state index in [4.69, 9.17) is 18.9 Å². The van der Waals surface area contributed by atoms with Crippen molar-refractivity contribution in [3.05, 3.63) is 77.9 Å². The molecule has 0 aromatic heterocycles. The van der Waals surface area contributed by atoms with E-state index in [0.717, 1.165) is 11.1 Å². The van der Waals surface area contributed by atoms with E-state index in [1.165, 1.54) is 6.08 Å². The zero-order valence-corrected chi connectivity index (χ0v) is 25.7. The van der Waals surface area contributed by atoms with Gasteiger partial charge in [0.1, 0.15) is 24.0 Å². The van der Waals surface area contributed by atoms with Gasteiger partial charge in [-0.3, -0.25) is 14.4 Å². The number of epoxide rings is 1. The quantitative estimate of drug-likeness (QED) is 0.342. The van der Waals surface area contributed by atoms with Crippen molar-refractivity contribution >= 4 is 23.8 Å². The normalized spacial score (nSPS) is 25.8. The molecule has 2 aliphatic heterocycles. The highest BCUT2D eigenvalue weighted by Crippen LogP contribution is 2.45. The summed E-state index contributed by atoms with van der Waals surface area (Å²) in [6.07, 6.45) is 1.50. The van der Waals surface area contributed by atoms with Crippen molar-refractivity contribution < 1.29 is 38.1 Å². The van der Waals surface area contributed by atoms with Crippen molar-refractivity contribution in [2.75, 3.05) is 13.7 Å². The van der Waals surface area contributed by atoms with E-state index in [-0.39, 0.29) is 56.3 Å². The molecule has 2 aromatic rings. The molecular formula is C34H42N2O8. The molecule has 2 N–H and O–H groups in total. The molecule has 0 radical (unpaired) electrons. The standard InChI is InChI=1S/C34H42N2O8/c1-21(2)19-28-34(40)43-27(22(3)31-32(44-31)24-9-6-5-7-10-24)11-8-12-29(37)36-26(33(39)35-18-17-30(38)42-28)20-23-13-15-25(41-4)16-14-23/h5-10,12-16,21-22,26-28,31-32H,11,17-20H2,1-4H3,(H,35,39)(H,36,37)/t22-,26+,27?,28-,31?,32?/m0/s1. The Bertz CT molecular complexity index is 1310. The number of ether oxygens (including phenoxy) is 4. The maximum atomic E-state index is 13.3. The first kappa shape index (κ1) is 32.7. The highest BCUT2D eigenvalue weighted by Gasteiger charge is 2.47. The molecule has 1 saturated heterocycles. The van der Waals surface area contributed by atoms with Gasteiger partial charge in [-0.25, -0.2) is 4.79 Å². The van der Waals surface area contributed by atoms with Crippen LogP contribution in [0.1, 0.15) is 57.3 Å². The molecule has 3 unspecified atom stereocenters. The van der Waals surface area contributed by atoms with Crippen LogP contribution in [0.4, 0.5) is 0 Å². The minimum absolute atomic E-state index is 0.0223. The van der Waals surface area contributed by atoms with Crippen LogP contribution in [0.25, 0.3) is 0 Å². The van der Waals surface area contributed by atoms with E-state index in [9.17, 15) is 19.2 Å². The van der Waals surface area contributed by atoms with Gasteiger partial charge in [-0.15, -0.1) is 0 Å². The second kappa shape index (κ2) is 15.5. The summed E-state index contributed by atoms with van der Waals surface area (Å²) in [5.74, 6) is -1.67. The summed E-state index contributed by atoms with van der Waals surface area (Å²) in [4.78, 5) is 52.2. The van der Waals surface area contributed by atoms with Crippen molar-refractivity contribution in [1.29, 1.82) is 0 Å². The molecule has 4 rings (SSSR count). The number of amides is 2. The van der Waals surface area contributed by atoms with Gasteiger partial charge < -0.3 is 29.6 Å². The minimum Gasteiger partial charge on any atom is -0.497 e. The molecule has 44 heavy (non-hydrogen) atoms. The predicted octanol–water partition coefficient (Wildman–Crippen LogP) is 3.83. The molecule has 10 nitrogen and oxygen atoms in total. The summed E-state index contributed by atoms with van der Waals surface area (Å²) in [7, 11) is 1.57. The number of carbonyl (C=O) groups excluding carboxylic acids is 4. The number of nitrogens with one attached hydrogen (secondary N) is 2. The van der Waals surface area contributed by atoms with E-state index in [1.54, 1.807) is 25.3 Å². The van der Waals surface area contributed by atoms with Gasteiger partial charge in [0.2, 0.25) is 11.8 Å². The fourth-order valence-electron chi connectivity index (χ4n) is 5.23. The second-order valence-electron chi connectivity index (χ2n) is 11.7. The summed E-state index contributed by atoms with van der Waals surface area (Å²) in [6, 6.07) is 16.1. The van der Waals surface area contributed by atoms with Gasteiger partial charge in [0.05, 0.1) is 19.6 Å². The summed E-state index contributed by atoms with van der Waals surface area (Å²) in [5, 5.41) is 5.47. The molecule has 6 atom stereocenters. The molecule has 0 aliphatic carbocycles. The molecule has 2 aliphatic rings. The summed E-state index contributed by atoms with van der Waals surface area (Å²) in [6.45, 7) is 5.77. The molecule has 0 bridgehead atoms. The Labute approximate surface area is 258 Å². The number of rotatable bonds is 8. The number of hydrogen-bond donors (Lipinski definition) is 2. The Morgan fingerprint density at radius 3 is 2.36 bits per heavy atom. The lowest BCUT2D eigenvalue weighted by Crippen LogP contribution is -2.48. The lowest BCUT2D eigenvalue weighted by Gasteiger charge is -2.26. The van der Waals surface area contributed by atoms with Gasteiger partial charge >= 0.3 is 11.9 Å². The van der Waals surface area contributed by atoms with Crippen LogP contribution in [0.15, 0.2) is 66.7 Å². The molecule has 2 heterocycles. The van der Waals surface area contributed by atoms with Gasteiger partial charge in [-0.05, 0) is 41.7 Å². The summed E-state index contributed by atoms with van der Waals surface area (Å²) in [5.41, 5.74) is 1.85. The number of cyclic esters (lactones) is 2. The highest BCUT2D eigenvalue weighted by molar-refractivity contribution is 5.93. The largest absolute Gasteiger partial charge is 0.497 e. The third kappa shape index (κ3) is 9.41. The van der Waals surface area contributed by atoms with E-state index >= 15 is 0 Å². The predicted molar refractivity (Wildman–Crippen MR) is 162 cm³/mol. The third-order valence-electron chi connectivity index (χ3n) is 7.75. The topological polar surface area (TPSA) is 133 Å². The minimum atomic E-state index is -1.10. The maximum absolute atomic E-state index is 13.3. The van der Waals surface area contributed by atoms with Gasteiger partial charge in [0, 0.05) is 25.3 Å². The Hall–Kier alpha value is -4.18. The fourth-order valence-corrected chi connectivity index (χ4v) is 5.23. The molecular weight excluding hydrogens is 564 g/mol. The molecule has 1 fully saturated rings. The van der Waals surface area contributed by atoms with E-state index in [2.05, 4.69) is 10.6 Å². The van der Waals surface area contributed by atoms with Crippen LogP contribution in [0.5, 0.6) is 5.75 Å². The van der Waals surface area contributed by atoms with Crippen LogP contribution in [0.3, 0.4) is 0 Å². The summed E-state index contributed by atoms with van der Waals surface area (Å²) < 4.78 is 22.7. The van der Waals surface area contributed by atoms with Crippen LogP contribution in [-0.4, -0.2) is 61.8 Å². The SMILES string of the molecule is COc1ccc(C[C@H]2NC(=O)C=CCC([C@H](C)C3OC3c3ccccc3)OC(=O)[C@H](CC(C)C)OC(=O)CCNC2=O)cc1. The average molecular weight is 607 g/mol. The van der Waals surface area contributed by atoms with Gasteiger partial charge in [0.25, 0.3) is 0 Å².